The SMILES string of the molecule is CCOC(=O)/C=C/c1c(O)cccc1[N+](=O)[O-]. The summed E-state index contributed by atoms with van der Waals surface area (Å²) in [6, 6.07) is 3.90. The summed E-state index contributed by atoms with van der Waals surface area (Å²) < 4.78 is 4.63. The van der Waals surface area contributed by atoms with E-state index in [1.807, 2.05) is 0 Å². The third kappa shape index (κ3) is 3.30. The number of benzene rings is 1. The number of ether oxygens (including phenoxy) is 1. The summed E-state index contributed by atoms with van der Waals surface area (Å²) in [5.41, 5.74) is -0.295. The Bertz CT molecular complexity index is 467. The predicted molar refractivity (Wildman–Crippen MR) is 60.4 cm³/mol. The fourth-order valence-electron chi connectivity index (χ4n) is 1.21. The molecule has 90 valence electrons. The monoisotopic (exact) mass is 237 g/mol. The maximum Gasteiger partial charge on any atom is 0.330 e. The Morgan fingerprint density at radius 2 is 2.29 bits per heavy atom. The number of aromatic hydroxyl groups is 1. The highest BCUT2D eigenvalue weighted by Crippen LogP contribution is 2.28. The normalized spacial score (nSPS) is 10.4. The molecule has 0 fully saturated rings. The number of nitro benzene ring substituents is 1. The van der Waals surface area contributed by atoms with E-state index >= 15 is 0 Å². The molecule has 6 nitrogen and oxygen atoms in total. The molecular formula is C11H11NO5. The Morgan fingerprint density at radius 1 is 1.59 bits per heavy atom. The average Bonchev–Trinajstić information content (AvgIpc) is 2.27. The van der Waals surface area contributed by atoms with Gasteiger partial charge in [0.2, 0.25) is 0 Å². The van der Waals surface area contributed by atoms with Gasteiger partial charge in [0.1, 0.15) is 5.75 Å². The van der Waals surface area contributed by atoms with Gasteiger partial charge in [-0.25, -0.2) is 4.79 Å². The summed E-state index contributed by atoms with van der Waals surface area (Å²) >= 11 is 0. The van der Waals surface area contributed by atoms with E-state index in [1.165, 1.54) is 18.2 Å². The molecular weight excluding hydrogens is 226 g/mol. The molecule has 1 aromatic carbocycles. The van der Waals surface area contributed by atoms with Crippen molar-refractivity contribution in [2.75, 3.05) is 6.61 Å². The summed E-state index contributed by atoms with van der Waals surface area (Å²) in [7, 11) is 0. The molecule has 0 unspecified atom stereocenters. The van der Waals surface area contributed by atoms with E-state index in [9.17, 15) is 20.0 Å². The molecule has 0 aromatic heterocycles. The lowest BCUT2D eigenvalue weighted by Crippen LogP contribution is -1.99. The van der Waals surface area contributed by atoms with Crippen LogP contribution in [0.15, 0.2) is 24.3 Å². The Kier molecular flexibility index (Phi) is 4.21. The molecule has 0 amide bonds. The van der Waals surface area contributed by atoms with Gasteiger partial charge in [-0.3, -0.25) is 10.1 Å². The lowest BCUT2D eigenvalue weighted by Gasteiger charge is -2.00. The van der Waals surface area contributed by atoms with Crippen molar-refractivity contribution >= 4 is 17.7 Å². The molecule has 0 saturated carbocycles. The van der Waals surface area contributed by atoms with Crippen LogP contribution in [0.25, 0.3) is 6.08 Å². The van der Waals surface area contributed by atoms with Gasteiger partial charge in [-0.15, -0.1) is 0 Å². The topological polar surface area (TPSA) is 89.7 Å². The second-order valence-electron chi connectivity index (χ2n) is 3.05. The first kappa shape index (κ1) is 12.7. The summed E-state index contributed by atoms with van der Waals surface area (Å²) in [6.45, 7) is 1.86. The Labute approximate surface area is 97.3 Å². The van der Waals surface area contributed by atoms with E-state index in [2.05, 4.69) is 4.74 Å². The standard InChI is InChI=1S/C11H11NO5/c1-2-17-11(14)7-6-8-9(12(15)16)4-3-5-10(8)13/h3-7,13H,2H2,1H3/b7-6+. The van der Waals surface area contributed by atoms with E-state index < -0.39 is 10.9 Å². The molecule has 0 atom stereocenters. The fourth-order valence-corrected chi connectivity index (χ4v) is 1.21. The second kappa shape index (κ2) is 5.64. The zero-order valence-electron chi connectivity index (χ0n) is 9.12. The third-order valence-corrected chi connectivity index (χ3v) is 1.93. The molecule has 17 heavy (non-hydrogen) atoms. The van der Waals surface area contributed by atoms with Crippen molar-refractivity contribution in [1.82, 2.24) is 0 Å². The number of nitrogens with zero attached hydrogens (tertiary/aromatic N) is 1. The largest absolute Gasteiger partial charge is 0.507 e. The van der Waals surface area contributed by atoms with Crippen LogP contribution in [0.3, 0.4) is 0 Å². The summed E-state index contributed by atoms with van der Waals surface area (Å²) in [4.78, 5) is 21.1. The van der Waals surface area contributed by atoms with Gasteiger partial charge in [-0.1, -0.05) is 6.07 Å². The number of hydrogen-bond donors (Lipinski definition) is 1. The highest BCUT2D eigenvalue weighted by molar-refractivity contribution is 5.88. The van der Waals surface area contributed by atoms with Crippen LogP contribution in [-0.2, 0) is 9.53 Å². The van der Waals surface area contributed by atoms with Crippen LogP contribution in [0.5, 0.6) is 5.75 Å². The van der Waals surface area contributed by atoms with E-state index in [0.29, 0.717) is 0 Å². The Hall–Kier alpha value is -2.37. The Balaban J connectivity index is 3.05. The number of carbonyl (C=O) groups excluding carboxylic acids is 1. The van der Waals surface area contributed by atoms with E-state index in [4.69, 9.17) is 0 Å². The number of carbonyl (C=O) groups is 1. The minimum Gasteiger partial charge on any atom is -0.507 e. The van der Waals surface area contributed by atoms with E-state index in [1.54, 1.807) is 6.92 Å². The molecule has 6 heteroatoms. The van der Waals surface area contributed by atoms with Crippen LogP contribution in [0.2, 0.25) is 0 Å². The first-order valence-corrected chi connectivity index (χ1v) is 4.87. The molecule has 1 rings (SSSR count). The lowest BCUT2D eigenvalue weighted by molar-refractivity contribution is -0.385. The zero-order chi connectivity index (χ0) is 12.8. The molecule has 0 saturated heterocycles. The molecule has 0 spiro atoms. The minimum absolute atomic E-state index is 0.0226. The van der Waals surface area contributed by atoms with Crippen LogP contribution in [0, 0.1) is 10.1 Å². The van der Waals surface area contributed by atoms with Crippen LogP contribution in [-0.4, -0.2) is 22.6 Å². The van der Waals surface area contributed by atoms with Gasteiger partial charge < -0.3 is 9.84 Å². The third-order valence-electron chi connectivity index (χ3n) is 1.93. The van der Waals surface area contributed by atoms with Gasteiger partial charge >= 0.3 is 5.97 Å². The van der Waals surface area contributed by atoms with Gasteiger partial charge in [0.15, 0.2) is 0 Å². The summed E-state index contributed by atoms with van der Waals surface area (Å²) in [5, 5.41) is 20.2. The Morgan fingerprint density at radius 3 is 2.88 bits per heavy atom. The smallest absolute Gasteiger partial charge is 0.330 e. The van der Waals surface area contributed by atoms with Crippen molar-refractivity contribution in [3.8, 4) is 5.75 Å². The van der Waals surface area contributed by atoms with Crippen LogP contribution in [0.4, 0.5) is 5.69 Å². The molecule has 1 aromatic rings. The van der Waals surface area contributed by atoms with Gasteiger partial charge in [-0.2, -0.15) is 0 Å². The molecule has 0 bridgehead atoms. The number of phenols is 1. The van der Waals surface area contributed by atoms with Crippen molar-refractivity contribution in [1.29, 1.82) is 0 Å². The summed E-state index contributed by atoms with van der Waals surface area (Å²) in [5.74, 6) is -0.884. The quantitative estimate of drug-likeness (QED) is 0.373. The van der Waals surface area contributed by atoms with Gasteiger partial charge in [-0.05, 0) is 19.1 Å². The number of hydrogen-bond acceptors (Lipinski definition) is 5. The van der Waals surface area contributed by atoms with Crippen molar-refractivity contribution < 1.29 is 19.6 Å². The highest BCUT2D eigenvalue weighted by atomic mass is 16.6. The predicted octanol–water partition coefficient (Wildman–Crippen LogP) is 1.88. The molecule has 0 aliphatic rings. The van der Waals surface area contributed by atoms with E-state index in [0.717, 1.165) is 12.2 Å². The van der Waals surface area contributed by atoms with Crippen molar-refractivity contribution in [3.63, 3.8) is 0 Å². The van der Waals surface area contributed by atoms with Gasteiger partial charge in [0.05, 0.1) is 17.1 Å². The maximum absolute atomic E-state index is 11.0. The first-order valence-electron chi connectivity index (χ1n) is 4.87. The summed E-state index contributed by atoms with van der Waals surface area (Å²) in [6.07, 6.45) is 2.19. The maximum atomic E-state index is 11.0. The number of esters is 1. The van der Waals surface area contributed by atoms with E-state index in [-0.39, 0.29) is 23.6 Å². The van der Waals surface area contributed by atoms with Gasteiger partial charge in [0, 0.05) is 12.1 Å². The second-order valence-corrected chi connectivity index (χ2v) is 3.05. The minimum atomic E-state index is -0.634. The van der Waals surface area contributed by atoms with Crippen LogP contribution in [0.1, 0.15) is 12.5 Å². The number of nitro groups is 1. The molecule has 0 aliphatic carbocycles. The fraction of sp³-hybridized carbons (Fsp3) is 0.182. The van der Waals surface area contributed by atoms with Crippen LogP contribution < -0.4 is 0 Å². The zero-order valence-corrected chi connectivity index (χ0v) is 9.12. The van der Waals surface area contributed by atoms with Crippen molar-refractivity contribution in [3.05, 3.63) is 40.0 Å². The van der Waals surface area contributed by atoms with Gasteiger partial charge in [0.25, 0.3) is 5.69 Å². The first-order chi connectivity index (χ1) is 8.06. The lowest BCUT2D eigenvalue weighted by atomic mass is 10.1. The highest BCUT2D eigenvalue weighted by Gasteiger charge is 2.14. The number of rotatable bonds is 4. The average molecular weight is 237 g/mol. The van der Waals surface area contributed by atoms with Crippen molar-refractivity contribution in [2.45, 2.75) is 6.92 Å². The molecule has 0 heterocycles. The molecule has 0 radical (unpaired) electrons. The number of phenolic OH excluding ortho intramolecular Hbond substituents is 1. The molecule has 1 N–H and O–H groups in total. The van der Waals surface area contributed by atoms with Crippen molar-refractivity contribution in [2.24, 2.45) is 0 Å². The van der Waals surface area contributed by atoms with Crippen LogP contribution >= 0.6 is 0 Å². The molecule has 0 aliphatic heterocycles.